The molecule has 160 valence electrons. The minimum atomic E-state index is -3.43. The zero-order valence-corrected chi connectivity index (χ0v) is 19.0. The third kappa shape index (κ3) is 5.57. The molecule has 1 fully saturated rings. The zero-order chi connectivity index (χ0) is 21.6. The predicted molar refractivity (Wildman–Crippen MR) is 122 cm³/mol. The van der Waals surface area contributed by atoms with Gasteiger partial charge in [-0.2, -0.15) is 0 Å². The number of ether oxygens (including phenoxy) is 1. The van der Waals surface area contributed by atoms with E-state index in [1.807, 2.05) is 24.3 Å². The van der Waals surface area contributed by atoms with Gasteiger partial charge < -0.3 is 10.1 Å². The molecule has 1 aliphatic heterocycles. The molecule has 3 rings (SSSR count). The van der Waals surface area contributed by atoms with Gasteiger partial charge in [-0.3, -0.25) is 4.79 Å². The summed E-state index contributed by atoms with van der Waals surface area (Å²) in [5.74, 6) is -0.212. The van der Waals surface area contributed by atoms with Crippen molar-refractivity contribution in [3.8, 4) is 0 Å². The van der Waals surface area contributed by atoms with Crippen molar-refractivity contribution in [2.75, 3.05) is 25.1 Å². The van der Waals surface area contributed by atoms with Crippen LogP contribution in [0.2, 0.25) is 0 Å². The van der Waals surface area contributed by atoms with Crippen LogP contribution in [0.3, 0.4) is 0 Å². The molecule has 0 bridgehead atoms. The lowest BCUT2D eigenvalue weighted by Gasteiger charge is -2.36. The van der Waals surface area contributed by atoms with Crippen molar-refractivity contribution in [1.82, 2.24) is 4.72 Å². The molecule has 1 heterocycles. The summed E-state index contributed by atoms with van der Waals surface area (Å²) in [6.45, 7) is 4.75. The lowest BCUT2D eigenvalue weighted by atomic mass is 9.73. The van der Waals surface area contributed by atoms with E-state index in [1.54, 1.807) is 24.3 Å². The summed E-state index contributed by atoms with van der Waals surface area (Å²) in [6, 6.07) is 14.7. The van der Waals surface area contributed by atoms with Gasteiger partial charge in [-0.1, -0.05) is 46.3 Å². The van der Waals surface area contributed by atoms with Gasteiger partial charge in [-0.05, 0) is 48.2 Å². The van der Waals surface area contributed by atoms with Gasteiger partial charge in [0.1, 0.15) is 0 Å². The molecule has 30 heavy (non-hydrogen) atoms. The van der Waals surface area contributed by atoms with Gasteiger partial charge in [-0.15, -0.1) is 6.58 Å². The molecule has 1 saturated heterocycles. The van der Waals surface area contributed by atoms with Crippen LogP contribution >= 0.6 is 15.9 Å². The molecule has 2 N–H and O–H groups in total. The SMILES string of the molecule is C=CCNS(=O)(=O)Cc1ccc(NC(=O)C2(c3ccc(Br)cc3)CCOCC2)cc1. The van der Waals surface area contributed by atoms with E-state index < -0.39 is 15.4 Å². The number of hydrogen-bond donors (Lipinski definition) is 2. The van der Waals surface area contributed by atoms with Crippen molar-refractivity contribution < 1.29 is 17.9 Å². The van der Waals surface area contributed by atoms with Crippen molar-refractivity contribution >= 4 is 37.5 Å². The molecule has 0 spiro atoms. The molecule has 1 aliphatic rings. The second kappa shape index (κ2) is 9.87. The van der Waals surface area contributed by atoms with Crippen molar-refractivity contribution in [3.63, 3.8) is 0 Å². The average Bonchev–Trinajstić information content (AvgIpc) is 2.74. The first kappa shape index (κ1) is 22.7. The van der Waals surface area contributed by atoms with Crippen LogP contribution in [0.25, 0.3) is 0 Å². The van der Waals surface area contributed by atoms with Crippen LogP contribution in [0.5, 0.6) is 0 Å². The van der Waals surface area contributed by atoms with Crippen LogP contribution in [0, 0.1) is 0 Å². The van der Waals surface area contributed by atoms with Gasteiger partial charge in [0.15, 0.2) is 0 Å². The lowest BCUT2D eigenvalue weighted by Crippen LogP contribution is -2.44. The molecule has 2 aromatic rings. The first-order valence-electron chi connectivity index (χ1n) is 9.67. The Bertz CT molecular complexity index is 983. The summed E-state index contributed by atoms with van der Waals surface area (Å²) in [6.07, 6.45) is 2.70. The van der Waals surface area contributed by atoms with Crippen LogP contribution in [0.15, 0.2) is 65.7 Å². The Balaban J connectivity index is 1.74. The summed E-state index contributed by atoms with van der Waals surface area (Å²) < 4.78 is 32.9. The highest BCUT2D eigenvalue weighted by Gasteiger charge is 2.41. The number of nitrogens with one attached hydrogen (secondary N) is 2. The standard InChI is InChI=1S/C22H25BrN2O4S/c1-2-13-24-30(27,28)16-17-3-9-20(10-4-17)25-21(26)22(11-14-29-15-12-22)18-5-7-19(23)8-6-18/h2-10,24H,1,11-16H2,(H,25,26). The molecule has 0 aliphatic carbocycles. The van der Waals surface area contributed by atoms with Gasteiger partial charge in [0, 0.05) is 29.9 Å². The largest absolute Gasteiger partial charge is 0.381 e. The number of carbonyl (C=O) groups excluding carboxylic acids is 1. The van der Waals surface area contributed by atoms with E-state index in [4.69, 9.17) is 4.74 Å². The third-order valence-electron chi connectivity index (χ3n) is 5.19. The minimum Gasteiger partial charge on any atom is -0.381 e. The van der Waals surface area contributed by atoms with E-state index in [2.05, 4.69) is 32.5 Å². The maximum Gasteiger partial charge on any atom is 0.235 e. The molecule has 8 heteroatoms. The summed E-state index contributed by atoms with van der Waals surface area (Å²) >= 11 is 3.44. The average molecular weight is 493 g/mol. The number of sulfonamides is 1. The van der Waals surface area contributed by atoms with Gasteiger partial charge in [0.05, 0.1) is 11.2 Å². The van der Waals surface area contributed by atoms with E-state index in [0.29, 0.717) is 37.3 Å². The Morgan fingerprint density at radius 3 is 2.33 bits per heavy atom. The zero-order valence-electron chi connectivity index (χ0n) is 16.6. The monoisotopic (exact) mass is 492 g/mol. The molecular weight excluding hydrogens is 468 g/mol. The Morgan fingerprint density at radius 1 is 1.10 bits per heavy atom. The fourth-order valence-corrected chi connectivity index (χ4v) is 4.90. The maximum absolute atomic E-state index is 13.3. The minimum absolute atomic E-state index is 0.0823. The molecule has 2 aromatic carbocycles. The van der Waals surface area contributed by atoms with Crippen LogP contribution in [-0.4, -0.2) is 34.1 Å². The first-order valence-corrected chi connectivity index (χ1v) is 12.1. The van der Waals surface area contributed by atoms with Gasteiger partial charge in [0.2, 0.25) is 15.9 Å². The normalized spacial score (nSPS) is 16.0. The molecule has 0 atom stereocenters. The fraction of sp³-hybridized carbons (Fsp3) is 0.318. The molecular formula is C22H25BrN2O4S. The number of rotatable bonds is 8. The summed E-state index contributed by atoms with van der Waals surface area (Å²) in [7, 11) is -3.43. The summed E-state index contributed by atoms with van der Waals surface area (Å²) in [5.41, 5.74) is 1.57. The molecule has 0 aromatic heterocycles. The number of carbonyl (C=O) groups is 1. The van der Waals surface area contributed by atoms with Gasteiger partial charge >= 0.3 is 0 Å². The Morgan fingerprint density at radius 2 is 1.73 bits per heavy atom. The highest BCUT2D eigenvalue weighted by molar-refractivity contribution is 9.10. The van der Waals surface area contributed by atoms with Crippen molar-refractivity contribution in [2.24, 2.45) is 0 Å². The lowest BCUT2D eigenvalue weighted by molar-refractivity contribution is -0.125. The summed E-state index contributed by atoms with van der Waals surface area (Å²) in [5, 5.41) is 3.01. The van der Waals surface area contributed by atoms with E-state index in [9.17, 15) is 13.2 Å². The third-order valence-corrected chi connectivity index (χ3v) is 7.04. The number of benzene rings is 2. The molecule has 1 amide bonds. The first-order chi connectivity index (χ1) is 14.3. The van der Waals surface area contributed by atoms with Crippen LogP contribution in [0.4, 0.5) is 5.69 Å². The van der Waals surface area contributed by atoms with Gasteiger partial charge in [-0.25, -0.2) is 13.1 Å². The number of halogens is 1. The number of hydrogen-bond acceptors (Lipinski definition) is 4. The number of anilines is 1. The highest BCUT2D eigenvalue weighted by Crippen LogP contribution is 2.36. The van der Waals surface area contributed by atoms with E-state index in [0.717, 1.165) is 10.0 Å². The maximum atomic E-state index is 13.3. The Labute approximate surface area is 185 Å². The second-order valence-electron chi connectivity index (χ2n) is 7.25. The van der Waals surface area contributed by atoms with Crippen molar-refractivity contribution in [3.05, 3.63) is 76.8 Å². The van der Waals surface area contributed by atoms with Crippen LogP contribution in [0.1, 0.15) is 24.0 Å². The van der Waals surface area contributed by atoms with Crippen LogP contribution in [-0.2, 0) is 30.7 Å². The topological polar surface area (TPSA) is 84.5 Å². The van der Waals surface area contributed by atoms with Crippen LogP contribution < -0.4 is 10.0 Å². The van der Waals surface area contributed by atoms with Crippen molar-refractivity contribution in [2.45, 2.75) is 24.0 Å². The Kier molecular flexibility index (Phi) is 7.46. The van der Waals surface area contributed by atoms with E-state index in [-0.39, 0.29) is 18.2 Å². The Hall–Kier alpha value is -2.00. The second-order valence-corrected chi connectivity index (χ2v) is 9.97. The molecule has 0 saturated carbocycles. The fourth-order valence-electron chi connectivity index (χ4n) is 3.53. The van der Waals surface area contributed by atoms with Crippen molar-refractivity contribution in [1.29, 1.82) is 0 Å². The number of amides is 1. The smallest absolute Gasteiger partial charge is 0.235 e. The molecule has 6 nitrogen and oxygen atoms in total. The highest BCUT2D eigenvalue weighted by atomic mass is 79.9. The molecule has 0 unspecified atom stereocenters. The van der Waals surface area contributed by atoms with E-state index >= 15 is 0 Å². The predicted octanol–water partition coefficient (Wildman–Crippen LogP) is 3.74. The quantitative estimate of drug-likeness (QED) is 0.549. The summed E-state index contributed by atoms with van der Waals surface area (Å²) in [4.78, 5) is 13.3. The van der Waals surface area contributed by atoms with E-state index in [1.165, 1.54) is 6.08 Å². The van der Waals surface area contributed by atoms with Gasteiger partial charge in [0.25, 0.3) is 0 Å². The molecule has 0 radical (unpaired) electrons.